The highest BCUT2D eigenvalue weighted by molar-refractivity contribution is 14.0. The lowest BCUT2D eigenvalue weighted by Crippen LogP contribution is -2.43. The molecule has 4 heteroatoms. The van der Waals surface area contributed by atoms with Crippen molar-refractivity contribution in [3.8, 4) is 0 Å². The lowest BCUT2D eigenvalue weighted by Gasteiger charge is -2.38. The number of nitrogens with one attached hydrogen (secondary N) is 1. The van der Waals surface area contributed by atoms with Crippen LogP contribution in [-0.4, -0.2) is 37.5 Å². The van der Waals surface area contributed by atoms with Crippen LogP contribution in [0.3, 0.4) is 0 Å². The van der Waals surface area contributed by atoms with E-state index >= 15 is 0 Å². The maximum atomic E-state index is 4.51. The van der Waals surface area contributed by atoms with Gasteiger partial charge in [-0.05, 0) is 43.1 Å². The summed E-state index contributed by atoms with van der Waals surface area (Å²) in [4.78, 5) is 6.96. The second-order valence-electron chi connectivity index (χ2n) is 7.26. The van der Waals surface area contributed by atoms with Crippen LogP contribution >= 0.6 is 24.0 Å². The quantitative estimate of drug-likeness (QED) is 0.446. The fraction of sp³-hybridized carbons (Fsp3) is 0.632. The largest absolute Gasteiger partial charge is 0.356 e. The zero-order valence-electron chi connectivity index (χ0n) is 14.6. The molecule has 1 spiro atoms. The summed E-state index contributed by atoms with van der Waals surface area (Å²) < 4.78 is 0. The Morgan fingerprint density at radius 1 is 1.26 bits per heavy atom. The number of guanidine groups is 1. The van der Waals surface area contributed by atoms with Crippen LogP contribution in [0.1, 0.15) is 49.7 Å². The van der Waals surface area contributed by atoms with E-state index in [-0.39, 0.29) is 24.0 Å². The van der Waals surface area contributed by atoms with Gasteiger partial charge in [0, 0.05) is 26.7 Å². The summed E-state index contributed by atoms with van der Waals surface area (Å²) >= 11 is 0. The topological polar surface area (TPSA) is 27.6 Å². The molecule has 1 saturated heterocycles. The number of aliphatic imine (C=N–C) groups is 1. The highest BCUT2D eigenvalue weighted by Crippen LogP contribution is 2.47. The molecule has 1 atom stereocenters. The van der Waals surface area contributed by atoms with Gasteiger partial charge in [-0.3, -0.25) is 4.99 Å². The van der Waals surface area contributed by atoms with E-state index in [0.717, 1.165) is 12.5 Å². The standard InChI is InChI=1S/C19H29N3.HI/c1-15-5-7-17(8-6-15)16(2)13-21-18(20-3)22-12-11-19(14-22)9-4-10-19;/h5-8,16H,4,9-14H2,1-3H3,(H,20,21);1H. The molecule has 3 rings (SSSR count). The first-order valence-corrected chi connectivity index (χ1v) is 8.64. The molecule has 1 aromatic rings. The van der Waals surface area contributed by atoms with Gasteiger partial charge in [-0.15, -0.1) is 24.0 Å². The summed E-state index contributed by atoms with van der Waals surface area (Å²) in [6.45, 7) is 7.73. The minimum absolute atomic E-state index is 0. The Kier molecular flexibility index (Phi) is 6.34. The molecule has 0 radical (unpaired) electrons. The number of benzene rings is 1. The Balaban J connectivity index is 0.00000192. The molecule has 0 aromatic heterocycles. The number of aryl methyl sites for hydroxylation is 1. The van der Waals surface area contributed by atoms with Crippen molar-refractivity contribution in [2.75, 3.05) is 26.7 Å². The van der Waals surface area contributed by atoms with Crippen LogP contribution in [0.4, 0.5) is 0 Å². The summed E-state index contributed by atoms with van der Waals surface area (Å²) in [6, 6.07) is 8.87. The summed E-state index contributed by atoms with van der Waals surface area (Å²) in [6.07, 6.45) is 5.60. The van der Waals surface area contributed by atoms with Gasteiger partial charge < -0.3 is 10.2 Å². The molecule has 1 unspecified atom stereocenters. The van der Waals surface area contributed by atoms with Crippen molar-refractivity contribution in [1.82, 2.24) is 10.2 Å². The Morgan fingerprint density at radius 2 is 1.96 bits per heavy atom. The van der Waals surface area contributed by atoms with Gasteiger partial charge in [0.25, 0.3) is 0 Å². The predicted molar refractivity (Wildman–Crippen MR) is 109 cm³/mol. The zero-order chi connectivity index (χ0) is 15.6. The molecule has 0 bridgehead atoms. The van der Waals surface area contributed by atoms with Gasteiger partial charge >= 0.3 is 0 Å². The summed E-state index contributed by atoms with van der Waals surface area (Å²) in [5.41, 5.74) is 3.34. The van der Waals surface area contributed by atoms with Crippen molar-refractivity contribution < 1.29 is 0 Å². The van der Waals surface area contributed by atoms with Crippen LogP contribution in [0, 0.1) is 12.3 Å². The van der Waals surface area contributed by atoms with Crippen molar-refractivity contribution in [2.45, 2.75) is 45.4 Å². The number of likely N-dealkylation sites (tertiary alicyclic amines) is 1. The van der Waals surface area contributed by atoms with Gasteiger partial charge in [-0.2, -0.15) is 0 Å². The highest BCUT2D eigenvalue weighted by atomic mass is 127. The second kappa shape index (κ2) is 7.86. The SMILES string of the molecule is CN=C(NCC(C)c1ccc(C)cc1)N1CCC2(CCC2)C1.I. The first-order valence-electron chi connectivity index (χ1n) is 8.64. The van der Waals surface area contributed by atoms with Crippen LogP contribution < -0.4 is 5.32 Å². The molecule has 3 nitrogen and oxygen atoms in total. The van der Waals surface area contributed by atoms with E-state index in [0.29, 0.717) is 11.3 Å². The van der Waals surface area contributed by atoms with Gasteiger partial charge in [0.2, 0.25) is 0 Å². The van der Waals surface area contributed by atoms with Crippen molar-refractivity contribution in [2.24, 2.45) is 10.4 Å². The molecule has 128 valence electrons. The van der Waals surface area contributed by atoms with Crippen molar-refractivity contribution in [3.05, 3.63) is 35.4 Å². The molecule has 2 fully saturated rings. The Hall–Kier alpha value is -0.780. The molecular formula is C19H30IN3. The Labute approximate surface area is 158 Å². The average molecular weight is 427 g/mol. The molecule has 1 heterocycles. The fourth-order valence-corrected chi connectivity index (χ4v) is 3.79. The van der Waals surface area contributed by atoms with E-state index in [1.807, 2.05) is 7.05 Å². The fourth-order valence-electron chi connectivity index (χ4n) is 3.79. The maximum absolute atomic E-state index is 4.51. The Bertz CT molecular complexity index is 534. The molecular weight excluding hydrogens is 397 g/mol. The number of hydrogen-bond donors (Lipinski definition) is 1. The van der Waals surface area contributed by atoms with Crippen molar-refractivity contribution >= 4 is 29.9 Å². The predicted octanol–water partition coefficient (Wildman–Crippen LogP) is 4.17. The number of halogens is 1. The third kappa shape index (κ3) is 4.20. The summed E-state index contributed by atoms with van der Waals surface area (Å²) in [5.74, 6) is 1.58. The monoisotopic (exact) mass is 427 g/mol. The first kappa shape index (κ1) is 18.6. The molecule has 1 saturated carbocycles. The first-order chi connectivity index (χ1) is 10.6. The van der Waals surface area contributed by atoms with E-state index in [1.165, 1.54) is 49.9 Å². The third-order valence-corrected chi connectivity index (χ3v) is 5.58. The number of nitrogens with zero attached hydrogens (tertiary/aromatic N) is 2. The van der Waals surface area contributed by atoms with E-state index in [4.69, 9.17) is 0 Å². The van der Waals surface area contributed by atoms with Gasteiger partial charge in [-0.25, -0.2) is 0 Å². The van der Waals surface area contributed by atoms with Crippen LogP contribution in [0.2, 0.25) is 0 Å². The minimum atomic E-state index is 0. The third-order valence-electron chi connectivity index (χ3n) is 5.58. The van der Waals surface area contributed by atoms with E-state index < -0.39 is 0 Å². The summed E-state index contributed by atoms with van der Waals surface area (Å²) in [5, 5.41) is 3.59. The van der Waals surface area contributed by atoms with E-state index in [9.17, 15) is 0 Å². The molecule has 0 amide bonds. The molecule has 1 aliphatic heterocycles. The lowest BCUT2D eigenvalue weighted by molar-refractivity contribution is 0.151. The smallest absolute Gasteiger partial charge is 0.193 e. The molecule has 1 N–H and O–H groups in total. The average Bonchev–Trinajstić information content (AvgIpc) is 2.94. The molecule has 1 aliphatic carbocycles. The lowest BCUT2D eigenvalue weighted by atomic mass is 9.68. The van der Waals surface area contributed by atoms with Gasteiger partial charge in [0.1, 0.15) is 0 Å². The number of hydrogen-bond acceptors (Lipinski definition) is 1. The number of rotatable bonds is 3. The van der Waals surface area contributed by atoms with Crippen LogP contribution in [0.15, 0.2) is 29.3 Å². The second-order valence-corrected chi connectivity index (χ2v) is 7.26. The normalized spacial score (nSPS) is 20.8. The molecule has 1 aromatic carbocycles. The van der Waals surface area contributed by atoms with E-state index in [2.05, 4.69) is 53.3 Å². The minimum Gasteiger partial charge on any atom is -0.356 e. The van der Waals surface area contributed by atoms with Gasteiger partial charge in [0.15, 0.2) is 5.96 Å². The van der Waals surface area contributed by atoms with Crippen LogP contribution in [0.25, 0.3) is 0 Å². The Morgan fingerprint density at radius 3 is 2.48 bits per heavy atom. The summed E-state index contributed by atoms with van der Waals surface area (Å²) in [7, 11) is 1.91. The zero-order valence-corrected chi connectivity index (χ0v) is 17.0. The molecule has 23 heavy (non-hydrogen) atoms. The highest BCUT2D eigenvalue weighted by Gasteiger charge is 2.43. The van der Waals surface area contributed by atoms with Crippen molar-refractivity contribution in [1.29, 1.82) is 0 Å². The molecule has 2 aliphatic rings. The van der Waals surface area contributed by atoms with Crippen LogP contribution in [0.5, 0.6) is 0 Å². The van der Waals surface area contributed by atoms with Gasteiger partial charge in [-0.1, -0.05) is 43.2 Å². The van der Waals surface area contributed by atoms with Crippen molar-refractivity contribution in [3.63, 3.8) is 0 Å². The van der Waals surface area contributed by atoms with Gasteiger partial charge in [0.05, 0.1) is 0 Å². The maximum Gasteiger partial charge on any atom is 0.193 e. The van der Waals surface area contributed by atoms with E-state index in [1.54, 1.807) is 0 Å². The van der Waals surface area contributed by atoms with Crippen LogP contribution in [-0.2, 0) is 0 Å².